The standard InChI is InChI=1S/C23H24F3N3OS/c1-13-11-20(31-14(13)2)22(30)28-16-9-7-15(8-10-16)27-19-12-21(23(24,25)26)29-18-6-4-3-5-17(18)19/h3-6,11-12,15-16H,7-10H2,1-2H3,(H,27,29)(H,28,30). The van der Waals surface area contributed by atoms with E-state index in [1.54, 1.807) is 24.3 Å². The van der Waals surface area contributed by atoms with Gasteiger partial charge in [0.25, 0.3) is 5.91 Å². The second-order valence-electron chi connectivity index (χ2n) is 8.09. The maximum absolute atomic E-state index is 13.3. The molecular weight excluding hydrogens is 423 g/mol. The van der Waals surface area contributed by atoms with E-state index in [4.69, 9.17) is 0 Å². The highest BCUT2D eigenvalue weighted by Crippen LogP contribution is 2.34. The van der Waals surface area contributed by atoms with Gasteiger partial charge in [0.2, 0.25) is 0 Å². The van der Waals surface area contributed by atoms with Crippen LogP contribution in [0.5, 0.6) is 0 Å². The number of pyridine rings is 1. The highest BCUT2D eigenvalue weighted by molar-refractivity contribution is 7.14. The topological polar surface area (TPSA) is 54.0 Å². The van der Waals surface area contributed by atoms with E-state index in [1.807, 2.05) is 19.9 Å². The maximum atomic E-state index is 13.3. The molecule has 0 bridgehead atoms. The van der Waals surface area contributed by atoms with Crippen LogP contribution >= 0.6 is 11.3 Å². The number of fused-ring (bicyclic) bond motifs is 1. The van der Waals surface area contributed by atoms with Crippen molar-refractivity contribution in [3.63, 3.8) is 0 Å². The molecule has 0 aliphatic heterocycles. The first kappa shape index (κ1) is 21.6. The Bertz CT molecular complexity index is 1080. The van der Waals surface area contributed by atoms with Crippen molar-refractivity contribution in [3.05, 3.63) is 57.4 Å². The third-order valence-corrected chi connectivity index (χ3v) is 6.97. The number of halogens is 3. The fraction of sp³-hybridized carbons (Fsp3) is 0.391. The number of amides is 1. The lowest BCUT2D eigenvalue weighted by atomic mass is 9.90. The zero-order valence-electron chi connectivity index (χ0n) is 17.3. The van der Waals surface area contributed by atoms with Gasteiger partial charge >= 0.3 is 6.18 Å². The Kier molecular flexibility index (Phi) is 5.92. The van der Waals surface area contributed by atoms with Gasteiger partial charge in [0, 0.05) is 28.0 Å². The van der Waals surface area contributed by atoms with Gasteiger partial charge in [-0.2, -0.15) is 13.2 Å². The van der Waals surface area contributed by atoms with Crippen LogP contribution in [0.2, 0.25) is 0 Å². The summed E-state index contributed by atoms with van der Waals surface area (Å²) >= 11 is 1.50. The number of hydrogen-bond donors (Lipinski definition) is 2. The molecule has 0 saturated heterocycles. The van der Waals surface area contributed by atoms with E-state index in [0.29, 0.717) is 16.6 Å². The van der Waals surface area contributed by atoms with Gasteiger partial charge in [-0.3, -0.25) is 4.79 Å². The summed E-state index contributed by atoms with van der Waals surface area (Å²) in [4.78, 5) is 18.1. The summed E-state index contributed by atoms with van der Waals surface area (Å²) in [6, 6.07) is 9.98. The second kappa shape index (κ2) is 8.49. The van der Waals surface area contributed by atoms with E-state index >= 15 is 0 Å². The molecule has 0 atom stereocenters. The molecule has 31 heavy (non-hydrogen) atoms. The Morgan fingerprint density at radius 1 is 1.06 bits per heavy atom. The number of nitrogens with one attached hydrogen (secondary N) is 2. The Balaban J connectivity index is 1.42. The van der Waals surface area contributed by atoms with Crippen molar-refractivity contribution < 1.29 is 18.0 Å². The van der Waals surface area contributed by atoms with Gasteiger partial charge in [-0.1, -0.05) is 18.2 Å². The van der Waals surface area contributed by atoms with Crippen LogP contribution in [0, 0.1) is 13.8 Å². The quantitative estimate of drug-likeness (QED) is 0.509. The van der Waals surface area contributed by atoms with E-state index < -0.39 is 11.9 Å². The first-order valence-corrected chi connectivity index (χ1v) is 11.1. The van der Waals surface area contributed by atoms with E-state index in [1.165, 1.54) is 11.3 Å². The molecule has 2 aromatic heterocycles. The Hall–Kier alpha value is -2.61. The third-order valence-electron chi connectivity index (χ3n) is 5.82. The van der Waals surface area contributed by atoms with Crippen LogP contribution < -0.4 is 10.6 Å². The molecule has 1 saturated carbocycles. The summed E-state index contributed by atoms with van der Waals surface area (Å²) in [7, 11) is 0. The molecule has 4 nitrogen and oxygen atoms in total. The number of alkyl halides is 3. The molecule has 2 N–H and O–H groups in total. The molecule has 164 valence electrons. The number of carbonyl (C=O) groups excluding carboxylic acids is 1. The summed E-state index contributed by atoms with van der Waals surface area (Å²) in [5.74, 6) is -0.0486. The number of nitrogens with zero attached hydrogens (tertiary/aromatic N) is 1. The summed E-state index contributed by atoms with van der Waals surface area (Å²) in [5.41, 5.74) is 0.999. The number of carbonyl (C=O) groups is 1. The molecule has 1 aliphatic carbocycles. The molecule has 3 aromatic rings. The number of rotatable bonds is 4. The molecule has 4 rings (SSSR count). The first-order chi connectivity index (χ1) is 14.7. The lowest BCUT2D eigenvalue weighted by Crippen LogP contribution is -2.40. The number of thiophene rings is 1. The predicted octanol–water partition coefficient (Wildman–Crippen LogP) is 6.09. The van der Waals surface area contributed by atoms with Gasteiger partial charge in [-0.15, -0.1) is 11.3 Å². The molecule has 0 unspecified atom stereocenters. The molecule has 1 aromatic carbocycles. The van der Waals surface area contributed by atoms with Crippen molar-refractivity contribution in [1.29, 1.82) is 0 Å². The number of anilines is 1. The Labute approximate surface area is 182 Å². The van der Waals surface area contributed by atoms with Crippen LogP contribution in [0.15, 0.2) is 36.4 Å². The summed E-state index contributed by atoms with van der Waals surface area (Å²) < 4.78 is 39.9. The number of benzene rings is 1. The first-order valence-electron chi connectivity index (χ1n) is 10.3. The Morgan fingerprint density at radius 2 is 1.74 bits per heavy atom. The fourth-order valence-electron chi connectivity index (χ4n) is 3.98. The van der Waals surface area contributed by atoms with Crippen LogP contribution in [-0.4, -0.2) is 23.0 Å². The van der Waals surface area contributed by atoms with Gasteiger partial charge in [0.1, 0.15) is 5.69 Å². The fourth-order valence-corrected chi connectivity index (χ4v) is 4.92. The number of aromatic nitrogens is 1. The lowest BCUT2D eigenvalue weighted by Gasteiger charge is -2.30. The largest absolute Gasteiger partial charge is 0.433 e. The highest BCUT2D eigenvalue weighted by Gasteiger charge is 2.34. The van der Waals surface area contributed by atoms with E-state index in [0.717, 1.165) is 47.1 Å². The van der Waals surface area contributed by atoms with Crippen LogP contribution in [0.25, 0.3) is 10.9 Å². The van der Waals surface area contributed by atoms with Crippen LogP contribution in [0.3, 0.4) is 0 Å². The van der Waals surface area contributed by atoms with Gasteiger partial charge in [-0.05, 0) is 63.3 Å². The second-order valence-corrected chi connectivity index (χ2v) is 9.34. The van der Waals surface area contributed by atoms with Crippen molar-refractivity contribution in [2.24, 2.45) is 0 Å². The molecule has 0 spiro atoms. The van der Waals surface area contributed by atoms with Crippen LogP contribution in [-0.2, 0) is 6.18 Å². The molecule has 8 heteroatoms. The van der Waals surface area contributed by atoms with Crippen molar-refractivity contribution in [2.75, 3.05) is 5.32 Å². The molecule has 1 amide bonds. The minimum atomic E-state index is -4.50. The number of aryl methyl sites for hydroxylation is 2. The summed E-state index contributed by atoms with van der Waals surface area (Å²) in [6.45, 7) is 3.99. The lowest BCUT2D eigenvalue weighted by molar-refractivity contribution is -0.140. The van der Waals surface area contributed by atoms with Crippen molar-refractivity contribution in [1.82, 2.24) is 10.3 Å². The van der Waals surface area contributed by atoms with Crippen LogP contribution in [0.1, 0.15) is 51.5 Å². The maximum Gasteiger partial charge on any atom is 0.433 e. The third kappa shape index (κ3) is 4.84. The molecule has 0 radical (unpaired) electrons. The van der Waals surface area contributed by atoms with E-state index in [2.05, 4.69) is 15.6 Å². The van der Waals surface area contributed by atoms with Gasteiger partial charge in [-0.25, -0.2) is 4.98 Å². The van der Waals surface area contributed by atoms with Gasteiger partial charge in [0.15, 0.2) is 0 Å². The van der Waals surface area contributed by atoms with E-state index in [9.17, 15) is 18.0 Å². The van der Waals surface area contributed by atoms with Crippen LogP contribution in [0.4, 0.5) is 18.9 Å². The minimum absolute atomic E-state index is 0.0475. The summed E-state index contributed by atoms with van der Waals surface area (Å²) in [5, 5.41) is 7.08. The SMILES string of the molecule is Cc1cc(C(=O)NC2CCC(Nc3cc(C(F)(F)F)nc4ccccc34)CC2)sc1C. The van der Waals surface area contributed by atoms with Crippen molar-refractivity contribution in [2.45, 2.75) is 57.8 Å². The van der Waals surface area contributed by atoms with Crippen molar-refractivity contribution >= 4 is 33.8 Å². The highest BCUT2D eigenvalue weighted by atomic mass is 32.1. The Morgan fingerprint density at radius 3 is 2.39 bits per heavy atom. The summed E-state index contributed by atoms with van der Waals surface area (Å²) in [6.07, 6.45) is -1.40. The van der Waals surface area contributed by atoms with Gasteiger partial charge < -0.3 is 10.6 Å². The zero-order chi connectivity index (χ0) is 22.2. The average Bonchev–Trinajstić information content (AvgIpc) is 3.07. The number of hydrogen-bond acceptors (Lipinski definition) is 4. The van der Waals surface area contributed by atoms with Crippen molar-refractivity contribution in [3.8, 4) is 0 Å². The normalized spacial score (nSPS) is 19.4. The smallest absolute Gasteiger partial charge is 0.382 e. The monoisotopic (exact) mass is 447 g/mol. The zero-order valence-corrected chi connectivity index (χ0v) is 18.2. The van der Waals surface area contributed by atoms with Gasteiger partial charge in [0.05, 0.1) is 10.4 Å². The molecule has 1 fully saturated rings. The number of para-hydroxylation sites is 1. The minimum Gasteiger partial charge on any atom is -0.382 e. The molecule has 1 aliphatic rings. The average molecular weight is 448 g/mol. The van der Waals surface area contributed by atoms with E-state index in [-0.39, 0.29) is 18.0 Å². The predicted molar refractivity (Wildman–Crippen MR) is 118 cm³/mol. The molecule has 2 heterocycles. The molecular formula is C23H24F3N3OS.